The van der Waals surface area contributed by atoms with E-state index in [-0.39, 0.29) is 6.54 Å². The van der Waals surface area contributed by atoms with Gasteiger partial charge in [-0.1, -0.05) is 0 Å². The second kappa shape index (κ2) is 5.58. The molecule has 94 valence electrons. The molecule has 0 saturated carbocycles. The zero-order valence-corrected chi connectivity index (χ0v) is 10.3. The van der Waals surface area contributed by atoms with E-state index >= 15 is 0 Å². The molecule has 1 heterocycles. The van der Waals surface area contributed by atoms with Crippen LogP contribution in [-0.2, 0) is 4.74 Å². The van der Waals surface area contributed by atoms with Crippen LogP contribution in [0.15, 0.2) is 18.6 Å². The van der Waals surface area contributed by atoms with Crippen molar-refractivity contribution in [3.05, 3.63) is 24.3 Å². The largest absolute Gasteiger partial charge is 0.444 e. The summed E-state index contributed by atoms with van der Waals surface area (Å²) in [6, 6.07) is -0.390. The van der Waals surface area contributed by atoms with Crippen molar-refractivity contribution in [2.75, 3.05) is 6.54 Å². The second-order valence-corrected chi connectivity index (χ2v) is 4.56. The Morgan fingerprint density at radius 2 is 2.24 bits per heavy atom. The van der Waals surface area contributed by atoms with Gasteiger partial charge in [0.15, 0.2) is 0 Å². The summed E-state index contributed by atoms with van der Waals surface area (Å²) >= 11 is 0. The summed E-state index contributed by atoms with van der Waals surface area (Å²) in [6.07, 6.45) is 4.16. The van der Waals surface area contributed by atoms with Crippen LogP contribution >= 0.6 is 0 Å². The minimum Gasteiger partial charge on any atom is -0.444 e. The first-order chi connectivity index (χ1) is 7.92. The number of nitrogens with zero attached hydrogens (tertiary/aromatic N) is 2. The third-order valence-electron chi connectivity index (χ3n) is 1.87. The van der Waals surface area contributed by atoms with Gasteiger partial charge in [-0.25, -0.2) is 4.79 Å². The molecular weight excluding hydrogens is 220 g/mol. The highest BCUT2D eigenvalue weighted by Crippen LogP contribution is 2.10. The van der Waals surface area contributed by atoms with E-state index in [0.717, 1.165) is 0 Å². The Hall–Kier alpha value is -1.69. The quantitative estimate of drug-likeness (QED) is 0.819. The molecule has 0 aliphatic heterocycles. The summed E-state index contributed by atoms with van der Waals surface area (Å²) in [5.41, 5.74) is 5.65. The van der Waals surface area contributed by atoms with Crippen molar-refractivity contribution >= 4 is 6.09 Å². The van der Waals surface area contributed by atoms with E-state index < -0.39 is 17.7 Å². The van der Waals surface area contributed by atoms with Crippen LogP contribution in [0.25, 0.3) is 0 Å². The van der Waals surface area contributed by atoms with Crippen LogP contribution in [0, 0.1) is 0 Å². The van der Waals surface area contributed by atoms with Crippen molar-refractivity contribution in [2.24, 2.45) is 5.73 Å². The molecule has 1 aromatic rings. The lowest BCUT2D eigenvalue weighted by Crippen LogP contribution is -2.38. The van der Waals surface area contributed by atoms with Gasteiger partial charge < -0.3 is 15.8 Å². The molecule has 1 atom stereocenters. The van der Waals surface area contributed by atoms with Crippen LogP contribution < -0.4 is 11.1 Å². The summed E-state index contributed by atoms with van der Waals surface area (Å²) in [5.74, 6) is 0. The van der Waals surface area contributed by atoms with Crippen molar-refractivity contribution in [1.29, 1.82) is 0 Å². The van der Waals surface area contributed by atoms with Crippen LogP contribution in [0.2, 0.25) is 0 Å². The Balaban J connectivity index is 2.62. The summed E-state index contributed by atoms with van der Waals surface area (Å²) in [5, 5.41) is 2.65. The Bertz CT molecular complexity index is 361. The van der Waals surface area contributed by atoms with Crippen molar-refractivity contribution in [3.8, 4) is 0 Å². The first kappa shape index (κ1) is 13.4. The summed E-state index contributed by atoms with van der Waals surface area (Å²) in [4.78, 5) is 19.6. The monoisotopic (exact) mass is 238 g/mol. The molecule has 3 N–H and O–H groups in total. The summed E-state index contributed by atoms with van der Waals surface area (Å²) in [7, 11) is 0. The van der Waals surface area contributed by atoms with Crippen LogP contribution in [0.3, 0.4) is 0 Å². The van der Waals surface area contributed by atoms with Gasteiger partial charge in [0.05, 0.1) is 17.9 Å². The Morgan fingerprint density at radius 3 is 2.71 bits per heavy atom. The number of rotatable bonds is 3. The zero-order chi connectivity index (χ0) is 12.9. The number of aromatic nitrogens is 2. The van der Waals surface area contributed by atoms with Gasteiger partial charge in [0.1, 0.15) is 5.60 Å². The maximum Gasteiger partial charge on any atom is 0.408 e. The van der Waals surface area contributed by atoms with E-state index in [9.17, 15) is 4.79 Å². The first-order valence-corrected chi connectivity index (χ1v) is 5.38. The maximum absolute atomic E-state index is 11.6. The lowest BCUT2D eigenvalue weighted by molar-refractivity contribution is 0.0504. The third-order valence-corrected chi connectivity index (χ3v) is 1.87. The fourth-order valence-electron chi connectivity index (χ4n) is 1.19. The predicted molar refractivity (Wildman–Crippen MR) is 63.2 cm³/mol. The van der Waals surface area contributed by atoms with Gasteiger partial charge in [0.2, 0.25) is 0 Å². The molecule has 0 aliphatic rings. The summed E-state index contributed by atoms with van der Waals surface area (Å²) in [6.45, 7) is 5.63. The molecule has 17 heavy (non-hydrogen) atoms. The lowest BCUT2D eigenvalue weighted by atomic mass is 10.2. The van der Waals surface area contributed by atoms with Gasteiger partial charge in [0.25, 0.3) is 0 Å². The maximum atomic E-state index is 11.6. The number of amides is 1. The minimum absolute atomic E-state index is 0.234. The van der Waals surface area contributed by atoms with Crippen molar-refractivity contribution in [3.63, 3.8) is 0 Å². The van der Waals surface area contributed by atoms with E-state index in [1.165, 1.54) is 0 Å². The van der Waals surface area contributed by atoms with Crippen LogP contribution in [0.4, 0.5) is 4.79 Å². The highest BCUT2D eigenvalue weighted by atomic mass is 16.6. The highest BCUT2D eigenvalue weighted by molar-refractivity contribution is 5.68. The molecule has 1 unspecified atom stereocenters. The fourth-order valence-corrected chi connectivity index (χ4v) is 1.19. The highest BCUT2D eigenvalue weighted by Gasteiger charge is 2.20. The van der Waals surface area contributed by atoms with Crippen molar-refractivity contribution in [1.82, 2.24) is 15.3 Å². The van der Waals surface area contributed by atoms with Gasteiger partial charge in [-0.15, -0.1) is 0 Å². The van der Waals surface area contributed by atoms with E-state index in [0.29, 0.717) is 5.69 Å². The number of carbonyl (C=O) groups excluding carboxylic acids is 1. The Morgan fingerprint density at radius 1 is 1.53 bits per heavy atom. The molecule has 1 aromatic heterocycles. The van der Waals surface area contributed by atoms with Gasteiger partial charge in [0, 0.05) is 18.9 Å². The standard InChI is InChI=1S/C11H18N4O2/c1-11(2,3)17-10(16)15-8(6-12)9-7-13-4-5-14-9/h4-5,7-8H,6,12H2,1-3H3,(H,15,16). The number of nitrogens with two attached hydrogens (primary N) is 1. The molecule has 1 rings (SSSR count). The topological polar surface area (TPSA) is 90.1 Å². The van der Waals surface area contributed by atoms with Gasteiger partial charge in [-0.3, -0.25) is 9.97 Å². The van der Waals surface area contributed by atoms with Crippen LogP contribution in [0.1, 0.15) is 32.5 Å². The molecule has 6 heteroatoms. The van der Waals surface area contributed by atoms with E-state index in [2.05, 4.69) is 15.3 Å². The average Bonchev–Trinajstić information content (AvgIpc) is 2.24. The number of alkyl carbamates (subject to hydrolysis) is 1. The first-order valence-electron chi connectivity index (χ1n) is 5.38. The molecule has 1 amide bonds. The van der Waals surface area contributed by atoms with E-state index in [4.69, 9.17) is 10.5 Å². The van der Waals surface area contributed by atoms with Gasteiger partial charge >= 0.3 is 6.09 Å². The minimum atomic E-state index is -0.536. The number of carbonyl (C=O) groups is 1. The predicted octanol–water partition coefficient (Wildman–Crippen LogP) is 1.00. The van der Waals surface area contributed by atoms with E-state index in [1.807, 2.05) is 0 Å². The SMILES string of the molecule is CC(C)(C)OC(=O)NC(CN)c1cnccn1. The average molecular weight is 238 g/mol. The van der Waals surface area contributed by atoms with Crippen LogP contribution in [0.5, 0.6) is 0 Å². The molecule has 0 fully saturated rings. The van der Waals surface area contributed by atoms with Crippen LogP contribution in [-0.4, -0.2) is 28.2 Å². The molecule has 0 aliphatic carbocycles. The van der Waals surface area contributed by atoms with Gasteiger partial charge in [-0.2, -0.15) is 0 Å². The zero-order valence-electron chi connectivity index (χ0n) is 10.3. The fraction of sp³-hybridized carbons (Fsp3) is 0.545. The van der Waals surface area contributed by atoms with Gasteiger partial charge in [-0.05, 0) is 20.8 Å². The molecule has 0 radical (unpaired) electrons. The molecule has 6 nitrogen and oxygen atoms in total. The van der Waals surface area contributed by atoms with Crippen molar-refractivity contribution in [2.45, 2.75) is 32.4 Å². The number of ether oxygens (including phenoxy) is 1. The number of hydrogen-bond acceptors (Lipinski definition) is 5. The molecule has 0 spiro atoms. The smallest absolute Gasteiger partial charge is 0.408 e. The second-order valence-electron chi connectivity index (χ2n) is 4.56. The lowest BCUT2D eigenvalue weighted by Gasteiger charge is -2.22. The van der Waals surface area contributed by atoms with Crippen molar-refractivity contribution < 1.29 is 9.53 Å². The molecular formula is C11H18N4O2. The number of nitrogens with one attached hydrogen (secondary N) is 1. The van der Waals surface area contributed by atoms with E-state index in [1.54, 1.807) is 39.4 Å². The molecule has 0 bridgehead atoms. The third kappa shape index (κ3) is 4.78. The summed E-state index contributed by atoms with van der Waals surface area (Å²) < 4.78 is 5.14. The normalized spacial score (nSPS) is 12.9. The molecule has 0 saturated heterocycles. The molecule has 0 aromatic carbocycles. The number of hydrogen-bond donors (Lipinski definition) is 2. The Kier molecular flexibility index (Phi) is 4.39. The Labute approximate surface area is 101 Å².